The summed E-state index contributed by atoms with van der Waals surface area (Å²) in [5.74, 6) is 1.18. The molecule has 1 fully saturated rings. The molecule has 3 rings (SSSR count). The van der Waals surface area contributed by atoms with E-state index in [1.54, 1.807) is 18.4 Å². The van der Waals surface area contributed by atoms with Crippen LogP contribution in [-0.2, 0) is 11.2 Å². The van der Waals surface area contributed by atoms with Crippen molar-refractivity contribution in [1.29, 1.82) is 0 Å². The number of likely N-dealkylation sites (tertiary alicyclic amines) is 1. The molecule has 2 heterocycles. The van der Waals surface area contributed by atoms with Gasteiger partial charge in [0.2, 0.25) is 5.91 Å². The number of benzene rings is 1. The molecule has 0 aliphatic carbocycles. The third-order valence-electron chi connectivity index (χ3n) is 4.72. The zero-order valence-electron chi connectivity index (χ0n) is 13.5. The Balaban J connectivity index is 1.48. The van der Waals surface area contributed by atoms with Crippen LogP contribution in [0.3, 0.4) is 0 Å². The predicted molar refractivity (Wildman–Crippen MR) is 92.7 cm³/mol. The van der Waals surface area contributed by atoms with Crippen molar-refractivity contribution in [2.75, 3.05) is 13.1 Å². The van der Waals surface area contributed by atoms with Crippen LogP contribution in [0.15, 0.2) is 47.1 Å². The summed E-state index contributed by atoms with van der Waals surface area (Å²) >= 11 is 5.89. The van der Waals surface area contributed by atoms with Crippen LogP contribution in [0.4, 0.5) is 0 Å². The maximum atomic E-state index is 12.3. The number of hydrogen-bond acceptors (Lipinski definition) is 3. The second-order valence-corrected chi connectivity index (χ2v) is 6.73. The Morgan fingerprint density at radius 1 is 1.25 bits per heavy atom. The molecule has 0 bridgehead atoms. The lowest BCUT2D eigenvalue weighted by Crippen LogP contribution is -2.39. The molecule has 128 valence electrons. The number of hydrogen-bond donors (Lipinski definition) is 1. The first kappa shape index (κ1) is 17.1. The number of amides is 1. The van der Waals surface area contributed by atoms with E-state index in [9.17, 15) is 9.90 Å². The number of aryl methyl sites for hydroxylation is 1. The van der Waals surface area contributed by atoms with E-state index in [0.717, 1.165) is 24.2 Å². The molecule has 4 nitrogen and oxygen atoms in total. The predicted octanol–water partition coefficient (Wildman–Crippen LogP) is 3.84. The number of nitrogens with zero attached hydrogens (tertiary/aromatic N) is 1. The van der Waals surface area contributed by atoms with Crippen molar-refractivity contribution in [3.8, 4) is 0 Å². The van der Waals surface area contributed by atoms with Gasteiger partial charge >= 0.3 is 0 Å². The minimum absolute atomic E-state index is 0.158. The molecule has 1 N–H and O–H groups in total. The first-order chi connectivity index (χ1) is 11.6. The highest BCUT2D eigenvalue weighted by atomic mass is 35.5. The van der Waals surface area contributed by atoms with Crippen LogP contribution >= 0.6 is 11.6 Å². The number of aliphatic hydroxyl groups excluding tert-OH is 1. The maximum absolute atomic E-state index is 12.3. The summed E-state index contributed by atoms with van der Waals surface area (Å²) in [5, 5.41) is 11.2. The summed E-state index contributed by atoms with van der Waals surface area (Å²) in [4.78, 5) is 14.2. The van der Waals surface area contributed by atoms with Crippen LogP contribution in [0.1, 0.15) is 36.7 Å². The molecular weight excluding hydrogens is 326 g/mol. The van der Waals surface area contributed by atoms with E-state index in [2.05, 4.69) is 0 Å². The van der Waals surface area contributed by atoms with Crippen LogP contribution in [0, 0.1) is 5.92 Å². The van der Waals surface area contributed by atoms with Gasteiger partial charge in [-0.3, -0.25) is 4.79 Å². The fraction of sp³-hybridized carbons (Fsp3) is 0.421. The molecule has 2 aromatic rings. The minimum atomic E-state index is -0.498. The lowest BCUT2D eigenvalue weighted by Gasteiger charge is -2.34. The van der Waals surface area contributed by atoms with Gasteiger partial charge in [-0.1, -0.05) is 23.7 Å². The molecule has 0 radical (unpaired) electrons. The zero-order valence-corrected chi connectivity index (χ0v) is 14.3. The molecule has 0 spiro atoms. The van der Waals surface area contributed by atoms with Crippen LogP contribution < -0.4 is 0 Å². The second-order valence-electron chi connectivity index (χ2n) is 6.29. The molecule has 1 unspecified atom stereocenters. The summed E-state index contributed by atoms with van der Waals surface area (Å²) in [6.45, 7) is 1.40. The Labute approximate surface area is 147 Å². The van der Waals surface area contributed by atoms with Gasteiger partial charge < -0.3 is 14.4 Å². The van der Waals surface area contributed by atoms with Crippen molar-refractivity contribution < 1.29 is 14.3 Å². The summed E-state index contributed by atoms with van der Waals surface area (Å²) in [5.41, 5.74) is 0.891. The van der Waals surface area contributed by atoms with E-state index in [-0.39, 0.29) is 11.8 Å². The van der Waals surface area contributed by atoms with E-state index < -0.39 is 6.10 Å². The Morgan fingerprint density at radius 3 is 2.58 bits per heavy atom. The molecule has 5 heteroatoms. The second kappa shape index (κ2) is 7.86. The van der Waals surface area contributed by atoms with Gasteiger partial charge in [0.05, 0.1) is 12.4 Å². The fourth-order valence-corrected chi connectivity index (χ4v) is 3.37. The number of piperidine rings is 1. The number of halogens is 1. The van der Waals surface area contributed by atoms with Crippen molar-refractivity contribution in [3.63, 3.8) is 0 Å². The van der Waals surface area contributed by atoms with Crippen molar-refractivity contribution in [3.05, 3.63) is 59.0 Å². The first-order valence-electron chi connectivity index (χ1n) is 8.37. The highest BCUT2D eigenvalue weighted by molar-refractivity contribution is 6.30. The Bertz CT molecular complexity index is 646. The van der Waals surface area contributed by atoms with Gasteiger partial charge in [-0.15, -0.1) is 0 Å². The molecule has 24 heavy (non-hydrogen) atoms. The van der Waals surface area contributed by atoms with E-state index >= 15 is 0 Å². The van der Waals surface area contributed by atoms with Crippen molar-refractivity contribution in [1.82, 2.24) is 4.90 Å². The fourth-order valence-electron chi connectivity index (χ4n) is 3.24. The number of furan rings is 1. The molecular formula is C19H22ClNO3. The molecule has 1 aromatic heterocycles. The maximum Gasteiger partial charge on any atom is 0.223 e. The van der Waals surface area contributed by atoms with E-state index in [4.69, 9.17) is 16.0 Å². The Kier molecular flexibility index (Phi) is 5.59. The average molecular weight is 348 g/mol. The van der Waals surface area contributed by atoms with Gasteiger partial charge in [0, 0.05) is 31.0 Å². The SMILES string of the molecule is O=C(CCc1ccco1)N1CCC(C(O)c2ccc(Cl)cc2)CC1. The van der Waals surface area contributed by atoms with Crippen LogP contribution in [0.25, 0.3) is 0 Å². The topological polar surface area (TPSA) is 53.7 Å². The van der Waals surface area contributed by atoms with Gasteiger partial charge in [0.15, 0.2) is 0 Å². The quantitative estimate of drug-likeness (QED) is 0.894. The largest absolute Gasteiger partial charge is 0.469 e. The van der Waals surface area contributed by atoms with Crippen LogP contribution in [0.2, 0.25) is 5.02 Å². The number of carbonyl (C=O) groups excluding carboxylic acids is 1. The monoisotopic (exact) mass is 347 g/mol. The zero-order chi connectivity index (χ0) is 16.9. The molecule has 1 amide bonds. The van der Waals surface area contributed by atoms with Gasteiger partial charge in [-0.25, -0.2) is 0 Å². The van der Waals surface area contributed by atoms with Gasteiger partial charge in [0.1, 0.15) is 5.76 Å². The van der Waals surface area contributed by atoms with E-state index in [1.807, 2.05) is 29.2 Å². The summed E-state index contributed by atoms with van der Waals surface area (Å²) < 4.78 is 5.26. The van der Waals surface area contributed by atoms with Gasteiger partial charge in [-0.2, -0.15) is 0 Å². The highest BCUT2D eigenvalue weighted by Crippen LogP contribution is 2.31. The summed E-state index contributed by atoms with van der Waals surface area (Å²) in [6, 6.07) is 11.1. The van der Waals surface area contributed by atoms with Crippen molar-refractivity contribution in [2.24, 2.45) is 5.92 Å². The normalized spacial score (nSPS) is 17.0. The van der Waals surface area contributed by atoms with Gasteiger partial charge in [-0.05, 0) is 48.6 Å². The lowest BCUT2D eigenvalue weighted by atomic mass is 9.87. The Morgan fingerprint density at radius 2 is 1.96 bits per heavy atom. The lowest BCUT2D eigenvalue weighted by molar-refractivity contribution is -0.133. The van der Waals surface area contributed by atoms with Crippen LogP contribution in [0.5, 0.6) is 0 Å². The van der Waals surface area contributed by atoms with E-state index in [1.165, 1.54) is 0 Å². The summed E-state index contributed by atoms with van der Waals surface area (Å²) in [7, 11) is 0. The minimum Gasteiger partial charge on any atom is -0.469 e. The standard InChI is InChI=1S/C19H22ClNO3/c20-16-5-3-14(4-6-16)19(23)15-9-11-21(12-10-15)18(22)8-7-17-2-1-13-24-17/h1-6,13,15,19,23H,7-12H2. The molecule has 1 saturated heterocycles. The van der Waals surface area contributed by atoms with Crippen molar-refractivity contribution >= 4 is 17.5 Å². The third-order valence-corrected chi connectivity index (χ3v) is 4.97. The molecule has 1 aliphatic heterocycles. The number of carbonyl (C=O) groups is 1. The van der Waals surface area contributed by atoms with Crippen LogP contribution in [-0.4, -0.2) is 29.0 Å². The highest BCUT2D eigenvalue weighted by Gasteiger charge is 2.28. The van der Waals surface area contributed by atoms with Crippen molar-refractivity contribution in [2.45, 2.75) is 31.8 Å². The Hall–Kier alpha value is -1.78. The van der Waals surface area contributed by atoms with Gasteiger partial charge in [0.25, 0.3) is 0 Å². The molecule has 1 aromatic carbocycles. The smallest absolute Gasteiger partial charge is 0.223 e. The summed E-state index contributed by atoms with van der Waals surface area (Å²) in [6.07, 6.45) is 3.87. The molecule has 0 saturated carbocycles. The van der Waals surface area contributed by atoms with E-state index in [0.29, 0.717) is 31.0 Å². The first-order valence-corrected chi connectivity index (χ1v) is 8.75. The molecule has 1 atom stereocenters. The average Bonchev–Trinajstić information content (AvgIpc) is 3.13. The third kappa shape index (κ3) is 4.19. The number of rotatable bonds is 5. The molecule has 1 aliphatic rings. The number of aliphatic hydroxyl groups is 1.